The van der Waals surface area contributed by atoms with E-state index < -0.39 is 5.97 Å². The average Bonchev–Trinajstić information content (AvgIpc) is 2.89. The standard InChI is InChI=1S/C14H14N4O2S/c1-2-12-16-17-14(21-9-13(19)20)18(12)11-5-3-10(4-6-11)7-8-15/h3-6H,2,7,9H2,1H3,(H,19,20). The first-order valence-corrected chi connectivity index (χ1v) is 7.39. The van der Waals surface area contributed by atoms with E-state index in [4.69, 9.17) is 10.4 Å². The predicted molar refractivity (Wildman–Crippen MR) is 78.4 cm³/mol. The first-order chi connectivity index (χ1) is 10.2. The van der Waals surface area contributed by atoms with E-state index in [2.05, 4.69) is 16.3 Å². The molecule has 0 unspecified atom stereocenters. The fourth-order valence-corrected chi connectivity index (χ4v) is 2.55. The van der Waals surface area contributed by atoms with Gasteiger partial charge in [-0.15, -0.1) is 10.2 Å². The van der Waals surface area contributed by atoms with E-state index >= 15 is 0 Å². The van der Waals surface area contributed by atoms with Crippen molar-refractivity contribution >= 4 is 17.7 Å². The smallest absolute Gasteiger partial charge is 0.313 e. The van der Waals surface area contributed by atoms with Crippen LogP contribution in [0.3, 0.4) is 0 Å². The largest absolute Gasteiger partial charge is 0.481 e. The highest BCUT2D eigenvalue weighted by Gasteiger charge is 2.14. The molecule has 0 saturated heterocycles. The van der Waals surface area contributed by atoms with Crippen LogP contribution in [0.15, 0.2) is 29.4 Å². The number of hydrogen-bond donors (Lipinski definition) is 1. The van der Waals surface area contributed by atoms with Gasteiger partial charge in [-0.2, -0.15) is 5.26 Å². The Hall–Kier alpha value is -2.33. The van der Waals surface area contributed by atoms with Gasteiger partial charge in [-0.3, -0.25) is 9.36 Å². The lowest BCUT2D eigenvalue weighted by molar-refractivity contribution is -0.133. The maximum Gasteiger partial charge on any atom is 0.313 e. The van der Waals surface area contributed by atoms with Crippen molar-refractivity contribution in [3.63, 3.8) is 0 Å². The van der Waals surface area contributed by atoms with Gasteiger partial charge in [0, 0.05) is 12.1 Å². The van der Waals surface area contributed by atoms with Gasteiger partial charge in [0.25, 0.3) is 0 Å². The summed E-state index contributed by atoms with van der Waals surface area (Å²) in [7, 11) is 0. The van der Waals surface area contributed by atoms with Gasteiger partial charge in [-0.05, 0) is 17.7 Å². The van der Waals surface area contributed by atoms with Gasteiger partial charge in [0.15, 0.2) is 5.16 Å². The normalized spacial score (nSPS) is 10.3. The van der Waals surface area contributed by atoms with Crippen LogP contribution in [-0.4, -0.2) is 31.6 Å². The molecule has 0 amide bonds. The molecule has 1 heterocycles. The fourth-order valence-electron chi connectivity index (χ4n) is 1.86. The van der Waals surface area contributed by atoms with Crippen LogP contribution in [0.1, 0.15) is 18.3 Å². The van der Waals surface area contributed by atoms with Gasteiger partial charge < -0.3 is 5.11 Å². The maximum absolute atomic E-state index is 10.7. The Balaban J connectivity index is 2.34. The molecular weight excluding hydrogens is 288 g/mol. The highest BCUT2D eigenvalue weighted by molar-refractivity contribution is 7.99. The van der Waals surface area contributed by atoms with Crippen molar-refractivity contribution in [2.24, 2.45) is 0 Å². The van der Waals surface area contributed by atoms with Crippen LogP contribution in [0.25, 0.3) is 5.69 Å². The van der Waals surface area contributed by atoms with E-state index in [1.165, 1.54) is 0 Å². The zero-order valence-electron chi connectivity index (χ0n) is 11.5. The lowest BCUT2D eigenvalue weighted by Gasteiger charge is -2.09. The molecule has 108 valence electrons. The molecule has 0 atom stereocenters. The Morgan fingerprint density at radius 1 is 1.38 bits per heavy atom. The molecule has 6 nitrogen and oxygen atoms in total. The van der Waals surface area contributed by atoms with Crippen LogP contribution >= 0.6 is 11.8 Å². The molecule has 0 aliphatic carbocycles. The van der Waals surface area contributed by atoms with E-state index in [-0.39, 0.29) is 5.75 Å². The van der Waals surface area contributed by atoms with Gasteiger partial charge in [-0.1, -0.05) is 30.8 Å². The minimum atomic E-state index is -0.892. The predicted octanol–water partition coefficient (Wildman–Crippen LogP) is 2.07. The van der Waals surface area contributed by atoms with Gasteiger partial charge in [0.05, 0.1) is 18.2 Å². The summed E-state index contributed by atoms with van der Waals surface area (Å²) in [4.78, 5) is 10.7. The minimum Gasteiger partial charge on any atom is -0.481 e. The average molecular weight is 302 g/mol. The first-order valence-electron chi connectivity index (χ1n) is 6.40. The molecular formula is C14H14N4O2S. The molecule has 7 heteroatoms. The number of carbonyl (C=O) groups is 1. The van der Waals surface area contributed by atoms with Gasteiger partial charge in [-0.25, -0.2) is 0 Å². The molecule has 0 bridgehead atoms. The summed E-state index contributed by atoms with van der Waals surface area (Å²) in [5.74, 6) is -0.179. The summed E-state index contributed by atoms with van der Waals surface area (Å²) >= 11 is 1.14. The Morgan fingerprint density at radius 2 is 2.10 bits per heavy atom. The Kier molecular flexibility index (Phi) is 4.95. The Labute approximate surface area is 126 Å². The van der Waals surface area contributed by atoms with Crippen LogP contribution < -0.4 is 0 Å². The molecule has 0 spiro atoms. The number of rotatable bonds is 6. The van der Waals surface area contributed by atoms with Crippen molar-refractivity contribution in [1.29, 1.82) is 5.26 Å². The number of thioether (sulfide) groups is 1. The monoisotopic (exact) mass is 302 g/mol. The highest BCUT2D eigenvalue weighted by atomic mass is 32.2. The molecule has 0 fully saturated rings. The summed E-state index contributed by atoms with van der Waals surface area (Å²) in [6.07, 6.45) is 1.06. The number of carboxylic acids is 1. The molecule has 1 N–H and O–H groups in total. The van der Waals surface area contributed by atoms with Crippen LogP contribution in [0, 0.1) is 11.3 Å². The number of aliphatic carboxylic acids is 1. The number of nitrogens with zero attached hydrogens (tertiary/aromatic N) is 4. The number of hydrogen-bond acceptors (Lipinski definition) is 5. The van der Waals surface area contributed by atoms with Gasteiger partial charge in [0.2, 0.25) is 0 Å². The summed E-state index contributed by atoms with van der Waals surface area (Å²) in [5, 5.41) is 26.2. The number of carboxylic acid groups (broad SMARTS) is 1. The number of nitriles is 1. The SMILES string of the molecule is CCc1nnc(SCC(=O)O)n1-c1ccc(CC#N)cc1. The Morgan fingerprint density at radius 3 is 2.67 bits per heavy atom. The molecule has 1 aromatic carbocycles. The molecule has 0 saturated carbocycles. The van der Waals surface area contributed by atoms with Crippen molar-refractivity contribution in [2.75, 3.05) is 5.75 Å². The van der Waals surface area contributed by atoms with Crippen LogP contribution in [0.4, 0.5) is 0 Å². The van der Waals surface area contributed by atoms with Crippen molar-refractivity contribution in [1.82, 2.24) is 14.8 Å². The van der Waals surface area contributed by atoms with E-state index in [0.717, 1.165) is 28.8 Å². The van der Waals surface area contributed by atoms with Crippen LogP contribution in [-0.2, 0) is 17.6 Å². The topological polar surface area (TPSA) is 91.8 Å². The summed E-state index contributed by atoms with van der Waals surface area (Å²) in [6.45, 7) is 1.97. The molecule has 0 aliphatic heterocycles. The van der Waals surface area contributed by atoms with Crippen LogP contribution in [0.5, 0.6) is 0 Å². The quantitative estimate of drug-likeness (QED) is 0.821. The van der Waals surface area contributed by atoms with E-state index in [1.54, 1.807) is 0 Å². The number of aryl methyl sites for hydroxylation is 1. The van der Waals surface area contributed by atoms with Crippen molar-refractivity contribution in [3.05, 3.63) is 35.7 Å². The molecule has 1 aromatic heterocycles. The first kappa shape index (κ1) is 15.1. The van der Waals surface area contributed by atoms with Gasteiger partial charge in [0.1, 0.15) is 5.82 Å². The van der Waals surface area contributed by atoms with E-state index in [9.17, 15) is 4.79 Å². The zero-order valence-corrected chi connectivity index (χ0v) is 12.3. The van der Waals surface area contributed by atoms with Crippen molar-refractivity contribution in [3.8, 4) is 11.8 Å². The number of aromatic nitrogens is 3. The molecule has 21 heavy (non-hydrogen) atoms. The Bertz CT molecular complexity index is 673. The maximum atomic E-state index is 10.7. The summed E-state index contributed by atoms with van der Waals surface area (Å²) in [6, 6.07) is 9.64. The summed E-state index contributed by atoms with van der Waals surface area (Å²) < 4.78 is 1.85. The molecule has 0 aliphatic rings. The highest BCUT2D eigenvalue weighted by Crippen LogP contribution is 2.22. The summed E-state index contributed by atoms with van der Waals surface area (Å²) in [5.41, 5.74) is 1.80. The second-order valence-electron chi connectivity index (χ2n) is 4.27. The lowest BCUT2D eigenvalue weighted by Crippen LogP contribution is -2.04. The van der Waals surface area contributed by atoms with Gasteiger partial charge >= 0.3 is 5.97 Å². The van der Waals surface area contributed by atoms with E-state index in [1.807, 2.05) is 35.8 Å². The number of benzene rings is 1. The zero-order chi connectivity index (χ0) is 15.2. The lowest BCUT2D eigenvalue weighted by atomic mass is 10.1. The molecule has 2 aromatic rings. The van der Waals surface area contributed by atoms with Crippen LogP contribution in [0.2, 0.25) is 0 Å². The second kappa shape index (κ2) is 6.90. The minimum absolute atomic E-state index is 0.0611. The second-order valence-corrected chi connectivity index (χ2v) is 5.21. The third-order valence-corrected chi connectivity index (χ3v) is 3.73. The van der Waals surface area contributed by atoms with Crippen molar-refractivity contribution in [2.45, 2.75) is 24.9 Å². The third-order valence-electron chi connectivity index (χ3n) is 2.82. The third kappa shape index (κ3) is 3.61. The molecule has 2 rings (SSSR count). The van der Waals surface area contributed by atoms with Crippen molar-refractivity contribution < 1.29 is 9.90 Å². The fraction of sp³-hybridized carbons (Fsp3) is 0.286. The molecule has 0 radical (unpaired) electrons. The van der Waals surface area contributed by atoms with E-state index in [0.29, 0.717) is 18.0 Å².